The lowest BCUT2D eigenvalue weighted by Crippen LogP contribution is -2.38. The van der Waals surface area contributed by atoms with Crippen molar-refractivity contribution in [3.63, 3.8) is 0 Å². The highest BCUT2D eigenvalue weighted by Crippen LogP contribution is 2.24. The number of alkyl halides is 3. The van der Waals surface area contributed by atoms with Crippen LogP contribution in [0.3, 0.4) is 0 Å². The van der Waals surface area contributed by atoms with Crippen molar-refractivity contribution in [1.29, 1.82) is 0 Å². The van der Waals surface area contributed by atoms with Gasteiger partial charge in [-0.25, -0.2) is 4.39 Å². The first kappa shape index (κ1) is 22.9. The molecule has 0 spiro atoms. The van der Waals surface area contributed by atoms with Crippen LogP contribution in [-0.4, -0.2) is 30.7 Å². The number of guanidine groups is 1. The van der Waals surface area contributed by atoms with E-state index in [1.54, 1.807) is 24.4 Å². The number of halogens is 5. The van der Waals surface area contributed by atoms with Crippen LogP contribution < -0.4 is 15.4 Å². The van der Waals surface area contributed by atoms with Gasteiger partial charge in [0.1, 0.15) is 5.75 Å². The zero-order valence-electron chi connectivity index (χ0n) is 14.4. The molecular weight excluding hydrogens is 479 g/mol. The van der Waals surface area contributed by atoms with E-state index in [9.17, 15) is 17.6 Å². The number of hydrogen-bond donors (Lipinski definition) is 2. The predicted octanol–water partition coefficient (Wildman–Crippen LogP) is 4.25. The number of aromatic nitrogens is 1. The van der Waals surface area contributed by atoms with Gasteiger partial charge in [-0.15, -0.1) is 24.0 Å². The molecular formula is C17H19F4IN4O. The first-order chi connectivity index (χ1) is 12.4. The molecule has 0 aliphatic rings. The number of hydrogen-bond acceptors (Lipinski definition) is 3. The topological polar surface area (TPSA) is 58.5 Å². The number of aliphatic imine (C=N–C) groups is 1. The zero-order chi connectivity index (χ0) is 19.0. The molecule has 5 nitrogen and oxygen atoms in total. The van der Waals surface area contributed by atoms with Crippen LogP contribution in [0.5, 0.6) is 11.5 Å². The second-order valence-corrected chi connectivity index (χ2v) is 5.27. The summed E-state index contributed by atoms with van der Waals surface area (Å²) in [4.78, 5) is 7.70. The monoisotopic (exact) mass is 498 g/mol. The Hall–Kier alpha value is -2.11. The molecule has 27 heavy (non-hydrogen) atoms. The maximum Gasteiger partial charge on any atom is 0.390 e. The fourth-order valence-electron chi connectivity index (χ4n) is 2.00. The van der Waals surface area contributed by atoms with Gasteiger partial charge in [0.15, 0.2) is 17.5 Å². The number of nitrogens with one attached hydrogen (secondary N) is 2. The zero-order valence-corrected chi connectivity index (χ0v) is 16.7. The van der Waals surface area contributed by atoms with Crippen molar-refractivity contribution in [2.45, 2.75) is 19.1 Å². The second kappa shape index (κ2) is 10.9. The van der Waals surface area contributed by atoms with Gasteiger partial charge >= 0.3 is 6.18 Å². The molecule has 0 radical (unpaired) electrons. The van der Waals surface area contributed by atoms with Crippen LogP contribution in [0.2, 0.25) is 0 Å². The van der Waals surface area contributed by atoms with Gasteiger partial charge in [0.25, 0.3) is 0 Å². The fraction of sp³-hybridized carbons (Fsp3) is 0.294. The molecule has 2 aromatic rings. The highest BCUT2D eigenvalue weighted by atomic mass is 127. The summed E-state index contributed by atoms with van der Waals surface area (Å²) in [6.45, 7) is -0.106. The largest absolute Gasteiger partial charge is 0.453 e. The van der Waals surface area contributed by atoms with Gasteiger partial charge in [-0.2, -0.15) is 13.2 Å². The molecule has 0 atom stereocenters. The van der Waals surface area contributed by atoms with E-state index in [-0.39, 0.29) is 48.8 Å². The number of ether oxygens (including phenoxy) is 1. The summed E-state index contributed by atoms with van der Waals surface area (Å²) in [5, 5.41) is 5.37. The molecule has 0 fully saturated rings. The summed E-state index contributed by atoms with van der Waals surface area (Å²) >= 11 is 0. The van der Waals surface area contributed by atoms with Gasteiger partial charge in [-0.3, -0.25) is 9.98 Å². The molecule has 2 rings (SSSR count). The van der Waals surface area contributed by atoms with Crippen LogP contribution in [0.1, 0.15) is 12.0 Å². The molecule has 0 unspecified atom stereocenters. The molecule has 1 aromatic carbocycles. The van der Waals surface area contributed by atoms with Crippen molar-refractivity contribution in [2.75, 3.05) is 13.6 Å². The third kappa shape index (κ3) is 8.41. The third-order valence-corrected chi connectivity index (χ3v) is 3.24. The Labute approximate surface area is 171 Å². The van der Waals surface area contributed by atoms with E-state index in [4.69, 9.17) is 4.74 Å². The minimum Gasteiger partial charge on any atom is -0.453 e. The van der Waals surface area contributed by atoms with Gasteiger partial charge < -0.3 is 15.4 Å². The summed E-state index contributed by atoms with van der Waals surface area (Å²) in [7, 11) is 1.44. The number of pyridine rings is 1. The molecule has 10 heteroatoms. The van der Waals surface area contributed by atoms with Crippen molar-refractivity contribution in [3.05, 3.63) is 54.1 Å². The average molecular weight is 498 g/mol. The fourth-order valence-corrected chi connectivity index (χ4v) is 2.00. The van der Waals surface area contributed by atoms with Crippen molar-refractivity contribution in [3.8, 4) is 11.5 Å². The van der Waals surface area contributed by atoms with Gasteiger partial charge in [-0.1, -0.05) is 6.07 Å². The Morgan fingerprint density at radius 2 is 2.00 bits per heavy atom. The lowest BCUT2D eigenvalue weighted by molar-refractivity contribution is -0.132. The van der Waals surface area contributed by atoms with Crippen LogP contribution in [0.15, 0.2) is 47.7 Å². The van der Waals surface area contributed by atoms with Gasteiger partial charge in [-0.05, 0) is 29.8 Å². The summed E-state index contributed by atoms with van der Waals surface area (Å²) in [5.74, 6) is 0.0968. The molecule has 2 N–H and O–H groups in total. The Bertz CT molecular complexity index is 741. The Balaban J connectivity index is 0.00000364. The second-order valence-electron chi connectivity index (χ2n) is 5.27. The summed E-state index contributed by atoms with van der Waals surface area (Å²) in [5.41, 5.74) is 0.583. The molecule has 1 aromatic heterocycles. The van der Waals surface area contributed by atoms with Crippen LogP contribution in [0.4, 0.5) is 17.6 Å². The maximum atomic E-state index is 14.1. The third-order valence-electron chi connectivity index (χ3n) is 3.24. The highest BCUT2D eigenvalue weighted by molar-refractivity contribution is 14.0. The molecule has 0 amide bonds. The van der Waals surface area contributed by atoms with E-state index in [1.807, 2.05) is 0 Å². The van der Waals surface area contributed by atoms with Crippen LogP contribution in [0.25, 0.3) is 0 Å². The molecule has 0 saturated carbocycles. The molecule has 0 bridgehead atoms. The maximum absolute atomic E-state index is 14.1. The molecule has 0 saturated heterocycles. The van der Waals surface area contributed by atoms with Crippen molar-refractivity contribution < 1.29 is 22.3 Å². The molecule has 1 heterocycles. The van der Waals surface area contributed by atoms with E-state index in [0.29, 0.717) is 11.3 Å². The van der Waals surface area contributed by atoms with E-state index < -0.39 is 18.4 Å². The smallest absolute Gasteiger partial charge is 0.390 e. The van der Waals surface area contributed by atoms with Crippen LogP contribution in [-0.2, 0) is 6.54 Å². The highest BCUT2D eigenvalue weighted by Gasteiger charge is 2.26. The Kier molecular flexibility index (Phi) is 9.26. The summed E-state index contributed by atoms with van der Waals surface area (Å²) < 4.78 is 56.0. The first-order valence-electron chi connectivity index (χ1n) is 7.75. The number of rotatable bonds is 6. The van der Waals surface area contributed by atoms with Gasteiger partial charge in [0.2, 0.25) is 0 Å². The molecule has 148 valence electrons. The van der Waals surface area contributed by atoms with E-state index in [0.717, 1.165) is 0 Å². The average Bonchev–Trinajstić information content (AvgIpc) is 2.60. The first-order valence-corrected chi connectivity index (χ1v) is 7.75. The van der Waals surface area contributed by atoms with Crippen molar-refractivity contribution in [1.82, 2.24) is 15.6 Å². The lowest BCUT2D eigenvalue weighted by atomic mass is 10.2. The quantitative estimate of drug-likeness (QED) is 0.271. The summed E-state index contributed by atoms with van der Waals surface area (Å²) in [6, 6.07) is 7.72. The van der Waals surface area contributed by atoms with E-state index >= 15 is 0 Å². The standard InChI is InChI=1S/C17H18F4N4O.HI/c1-22-16(24-8-6-17(19,20)21)25-10-12-4-5-15(14(18)9-12)26-13-3-2-7-23-11-13;/h2-5,7,9,11H,6,8,10H2,1H3,(H2,22,24,25);1H. The van der Waals surface area contributed by atoms with Crippen molar-refractivity contribution in [2.24, 2.45) is 4.99 Å². The minimum absolute atomic E-state index is 0. The van der Waals surface area contributed by atoms with Crippen molar-refractivity contribution >= 4 is 29.9 Å². The van der Waals surface area contributed by atoms with Gasteiger partial charge in [0, 0.05) is 26.3 Å². The number of benzene rings is 1. The molecule has 0 aliphatic carbocycles. The molecule has 0 aliphatic heterocycles. The number of nitrogens with zero attached hydrogens (tertiary/aromatic N) is 2. The lowest BCUT2D eigenvalue weighted by Gasteiger charge is -2.13. The predicted molar refractivity (Wildman–Crippen MR) is 105 cm³/mol. The normalized spacial score (nSPS) is 11.5. The Morgan fingerprint density at radius 3 is 2.59 bits per heavy atom. The summed E-state index contributed by atoms with van der Waals surface area (Å²) in [6.07, 6.45) is -2.17. The van der Waals surface area contributed by atoms with Gasteiger partial charge in [0.05, 0.1) is 12.6 Å². The van der Waals surface area contributed by atoms with E-state index in [1.165, 1.54) is 25.4 Å². The van der Waals surface area contributed by atoms with Crippen LogP contribution >= 0.6 is 24.0 Å². The SMILES string of the molecule is CN=C(NCCC(F)(F)F)NCc1ccc(Oc2cccnc2)c(F)c1.I. The van der Waals surface area contributed by atoms with E-state index in [2.05, 4.69) is 20.6 Å². The van der Waals surface area contributed by atoms with Crippen LogP contribution in [0, 0.1) is 5.82 Å². The Morgan fingerprint density at radius 1 is 1.22 bits per heavy atom. The minimum atomic E-state index is -4.24.